The van der Waals surface area contributed by atoms with Crippen molar-refractivity contribution in [1.82, 2.24) is 10.2 Å². The van der Waals surface area contributed by atoms with Crippen molar-refractivity contribution in [2.45, 2.75) is 65.6 Å². The van der Waals surface area contributed by atoms with Gasteiger partial charge in [-0.2, -0.15) is 0 Å². The van der Waals surface area contributed by atoms with Gasteiger partial charge in [0.05, 0.1) is 0 Å². The summed E-state index contributed by atoms with van der Waals surface area (Å²) in [6.45, 7) is 7.80. The number of halogens is 2. The lowest BCUT2D eigenvalue weighted by Gasteiger charge is -2.31. The Hall–Kier alpha value is -2.24. The van der Waals surface area contributed by atoms with Crippen molar-refractivity contribution in [2.75, 3.05) is 6.61 Å². The highest BCUT2D eigenvalue weighted by Gasteiger charge is 2.30. The molecule has 32 heavy (non-hydrogen) atoms. The topological polar surface area (TPSA) is 58.6 Å². The van der Waals surface area contributed by atoms with Gasteiger partial charge in [0, 0.05) is 28.2 Å². The van der Waals surface area contributed by atoms with Gasteiger partial charge < -0.3 is 15.0 Å². The highest BCUT2D eigenvalue weighted by Crippen LogP contribution is 2.27. The van der Waals surface area contributed by atoms with E-state index in [4.69, 9.17) is 27.9 Å². The minimum Gasteiger partial charge on any atom is -0.484 e. The second-order valence-corrected chi connectivity index (χ2v) is 8.56. The van der Waals surface area contributed by atoms with Gasteiger partial charge in [0.1, 0.15) is 11.8 Å². The summed E-state index contributed by atoms with van der Waals surface area (Å²) in [6, 6.07) is 12.1. The number of nitrogens with one attached hydrogen (secondary N) is 1. The van der Waals surface area contributed by atoms with Crippen LogP contribution in [-0.4, -0.2) is 35.4 Å². The van der Waals surface area contributed by atoms with Crippen LogP contribution in [0.5, 0.6) is 5.75 Å². The monoisotopic (exact) mass is 478 g/mol. The van der Waals surface area contributed by atoms with Crippen molar-refractivity contribution >= 4 is 35.0 Å². The lowest BCUT2D eigenvalue weighted by molar-refractivity contribution is -0.143. The predicted octanol–water partition coefficient (Wildman–Crippen LogP) is 5.66. The fraction of sp³-hybridized carbons (Fsp3) is 0.440. The van der Waals surface area contributed by atoms with E-state index < -0.39 is 6.04 Å². The number of hydrogen-bond acceptors (Lipinski definition) is 3. The number of aryl methyl sites for hydroxylation is 1. The number of rotatable bonds is 11. The molecule has 5 nitrogen and oxygen atoms in total. The van der Waals surface area contributed by atoms with E-state index in [0.29, 0.717) is 27.8 Å². The maximum Gasteiger partial charge on any atom is 0.261 e. The molecule has 0 spiro atoms. The molecule has 0 aliphatic rings. The molecule has 1 N–H and O–H groups in total. The minimum atomic E-state index is -0.671. The first kappa shape index (κ1) is 26.0. The molecule has 0 fully saturated rings. The number of ether oxygens (including phenoxy) is 1. The van der Waals surface area contributed by atoms with E-state index in [1.807, 2.05) is 45.0 Å². The standard InChI is InChI=1S/C25H32Cl2N2O3/c1-5-17(4)28-25(31)23(7-3)29(15-20-21(26)9-8-10-22(20)27)24(30)16-32-19-13-11-18(6-2)12-14-19/h8-14,17,23H,5-7,15-16H2,1-4H3,(H,28,31)/t17-,23-/m0/s1. The Kier molecular flexibility index (Phi) is 10.3. The molecule has 2 aromatic rings. The summed E-state index contributed by atoms with van der Waals surface area (Å²) in [6.07, 6.45) is 2.17. The minimum absolute atomic E-state index is 0.00531. The molecular weight excluding hydrogens is 447 g/mol. The first-order valence-electron chi connectivity index (χ1n) is 11.0. The molecule has 0 bridgehead atoms. The van der Waals surface area contributed by atoms with Crippen molar-refractivity contribution in [1.29, 1.82) is 0 Å². The van der Waals surface area contributed by atoms with Crippen molar-refractivity contribution in [3.05, 3.63) is 63.6 Å². The van der Waals surface area contributed by atoms with Gasteiger partial charge in [-0.3, -0.25) is 9.59 Å². The van der Waals surface area contributed by atoms with Gasteiger partial charge in [0.15, 0.2) is 6.61 Å². The third-order valence-electron chi connectivity index (χ3n) is 5.47. The van der Waals surface area contributed by atoms with Gasteiger partial charge in [-0.05, 0) is 56.0 Å². The molecule has 0 radical (unpaired) electrons. The summed E-state index contributed by atoms with van der Waals surface area (Å²) in [4.78, 5) is 27.7. The van der Waals surface area contributed by atoms with Crippen LogP contribution in [0.25, 0.3) is 0 Å². The lowest BCUT2D eigenvalue weighted by atomic mass is 10.1. The maximum atomic E-state index is 13.3. The normalized spacial score (nSPS) is 12.7. The summed E-state index contributed by atoms with van der Waals surface area (Å²) >= 11 is 12.7. The van der Waals surface area contributed by atoms with E-state index in [-0.39, 0.29) is 31.0 Å². The van der Waals surface area contributed by atoms with Gasteiger partial charge in [0.2, 0.25) is 5.91 Å². The fourth-order valence-electron chi connectivity index (χ4n) is 3.26. The highest BCUT2D eigenvalue weighted by atomic mass is 35.5. The summed E-state index contributed by atoms with van der Waals surface area (Å²) < 4.78 is 5.73. The molecule has 2 amide bonds. The van der Waals surface area contributed by atoms with Crippen LogP contribution in [0.1, 0.15) is 51.7 Å². The zero-order valence-electron chi connectivity index (χ0n) is 19.2. The van der Waals surface area contributed by atoms with Crippen LogP contribution in [0.15, 0.2) is 42.5 Å². The van der Waals surface area contributed by atoms with Crippen LogP contribution in [0.4, 0.5) is 0 Å². The van der Waals surface area contributed by atoms with Gasteiger partial charge in [-0.25, -0.2) is 0 Å². The molecule has 0 aliphatic carbocycles. The van der Waals surface area contributed by atoms with E-state index in [0.717, 1.165) is 12.8 Å². The number of carbonyl (C=O) groups excluding carboxylic acids is 2. The van der Waals surface area contributed by atoms with Crippen LogP contribution in [0, 0.1) is 0 Å². The van der Waals surface area contributed by atoms with Crippen LogP contribution < -0.4 is 10.1 Å². The summed E-state index contributed by atoms with van der Waals surface area (Å²) in [5.41, 5.74) is 1.79. The molecule has 2 rings (SSSR count). The predicted molar refractivity (Wildman–Crippen MR) is 130 cm³/mol. The van der Waals surface area contributed by atoms with Gasteiger partial charge in [-0.15, -0.1) is 0 Å². The number of hydrogen-bond donors (Lipinski definition) is 1. The molecule has 0 aliphatic heterocycles. The zero-order chi connectivity index (χ0) is 23.7. The summed E-state index contributed by atoms with van der Waals surface area (Å²) in [7, 11) is 0. The van der Waals surface area contributed by atoms with Gasteiger partial charge in [0.25, 0.3) is 5.91 Å². The molecule has 0 saturated carbocycles. The Morgan fingerprint density at radius 1 is 1.00 bits per heavy atom. The molecule has 2 atom stereocenters. The van der Waals surface area contributed by atoms with E-state index in [2.05, 4.69) is 12.2 Å². The Morgan fingerprint density at radius 3 is 2.16 bits per heavy atom. The highest BCUT2D eigenvalue weighted by molar-refractivity contribution is 6.36. The molecule has 0 heterocycles. The summed E-state index contributed by atoms with van der Waals surface area (Å²) in [5.74, 6) is 0.0840. The SMILES string of the molecule is CCc1ccc(OCC(=O)N(Cc2c(Cl)cccc2Cl)[C@@H](CC)C(=O)N[C@@H](C)CC)cc1. The van der Waals surface area contributed by atoms with Gasteiger partial charge >= 0.3 is 0 Å². The van der Waals surface area contributed by atoms with Crippen molar-refractivity contribution in [3.8, 4) is 5.75 Å². The van der Waals surface area contributed by atoms with E-state index in [1.165, 1.54) is 10.5 Å². The van der Waals surface area contributed by atoms with E-state index in [9.17, 15) is 9.59 Å². The van der Waals surface area contributed by atoms with Crippen LogP contribution in [0.2, 0.25) is 10.0 Å². The largest absolute Gasteiger partial charge is 0.484 e. The average molecular weight is 479 g/mol. The number of nitrogens with zero attached hydrogens (tertiary/aromatic N) is 1. The lowest BCUT2D eigenvalue weighted by Crippen LogP contribution is -2.51. The summed E-state index contributed by atoms with van der Waals surface area (Å²) in [5, 5.41) is 3.87. The van der Waals surface area contributed by atoms with Crippen molar-refractivity contribution in [2.24, 2.45) is 0 Å². The maximum absolute atomic E-state index is 13.3. The molecule has 2 aromatic carbocycles. The van der Waals surface area contributed by atoms with Crippen LogP contribution >= 0.6 is 23.2 Å². The Labute approximate surface area is 201 Å². The molecule has 7 heteroatoms. The molecule has 174 valence electrons. The molecule has 0 aromatic heterocycles. The quantitative estimate of drug-likeness (QED) is 0.453. The van der Waals surface area contributed by atoms with Crippen LogP contribution in [-0.2, 0) is 22.6 Å². The fourth-order valence-corrected chi connectivity index (χ4v) is 3.78. The van der Waals surface area contributed by atoms with Gasteiger partial charge in [-0.1, -0.05) is 62.2 Å². The molecule has 0 saturated heterocycles. The first-order valence-corrected chi connectivity index (χ1v) is 11.8. The van der Waals surface area contributed by atoms with Crippen molar-refractivity contribution in [3.63, 3.8) is 0 Å². The van der Waals surface area contributed by atoms with E-state index >= 15 is 0 Å². The Balaban J connectivity index is 2.26. The molecule has 0 unspecified atom stereocenters. The average Bonchev–Trinajstić information content (AvgIpc) is 2.79. The zero-order valence-corrected chi connectivity index (χ0v) is 20.7. The third-order valence-corrected chi connectivity index (χ3v) is 6.18. The number of benzene rings is 2. The Bertz CT molecular complexity index is 882. The number of carbonyl (C=O) groups is 2. The second kappa shape index (κ2) is 12.7. The second-order valence-electron chi connectivity index (χ2n) is 7.75. The smallest absolute Gasteiger partial charge is 0.261 e. The van der Waals surface area contributed by atoms with Crippen LogP contribution in [0.3, 0.4) is 0 Å². The van der Waals surface area contributed by atoms with E-state index in [1.54, 1.807) is 18.2 Å². The van der Waals surface area contributed by atoms with Crippen molar-refractivity contribution < 1.29 is 14.3 Å². The number of amides is 2. The Morgan fingerprint density at radius 2 is 1.62 bits per heavy atom. The first-order chi connectivity index (χ1) is 15.3. The molecular formula is C25H32Cl2N2O3. The third kappa shape index (κ3) is 7.14.